The van der Waals surface area contributed by atoms with Gasteiger partial charge in [-0.1, -0.05) is 12.5 Å². The smallest absolute Gasteiger partial charge is 0.413 e. The molecule has 0 radical (unpaired) electrons. The maximum Gasteiger partial charge on any atom is 0.413 e. The second-order valence-electron chi connectivity index (χ2n) is 9.95. The molecule has 8 nitrogen and oxygen atoms in total. The number of carboxylic acid groups (broad SMARTS) is 1. The third kappa shape index (κ3) is 5.32. The highest BCUT2D eigenvalue weighted by molar-refractivity contribution is 5.88. The van der Waals surface area contributed by atoms with Crippen molar-refractivity contribution in [1.82, 2.24) is 19.8 Å². The number of aromatic nitrogens is 2. The molecule has 0 unspecified atom stereocenters. The number of nitrogens with one attached hydrogen (secondary N) is 1. The lowest BCUT2D eigenvalue weighted by molar-refractivity contribution is -0.126. The maximum atomic E-state index is 12.5. The third-order valence-corrected chi connectivity index (χ3v) is 7.04. The summed E-state index contributed by atoms with van der Waals surface area (Å²) in [4.78, 5) is 32.7. The number of nitrogens with zero attached hydrogens (tertiary/aromatic N) is 4. The van der Waals surface area contributed by atoms with Crippen molar-refractivity contribution in [3.05, 3.63) is 23.8 Å². The van der Waals surface area contributed by atoms with Crippen LogP contribution in [0, 0.1) is 5.92 Å². The molecule has 2 fully saturated rings. The van der Waals surface area contributed by atoms with Gasteiger partial charge in [0.2, 0.25) is 11.9 Å². The van der Waals surface area contributed by atoms with Crippen molar-refractivity contribution in [2.24, 2.45) is 5.92 Å². The van der Waals surface area contributed by atoms with E-state index >= 15 is 0 Å². The lowest BCUT2D eigenvalue weighted by atomic mass is 9.85. The zero-order chi connectivity index (χ0) is 23.5. The van der Waals surface area contributed by atoms with Gasteiger partial charge in [-0.15, -0.1) is 0 Å². The highest BCUT2D eigenvalue weighted by Crippen LogP contribution is 2.38. The van der Waals surface area contributed by atoms with E-state index in [1.165, 1.54) is 29.7 Å². The third-order valence-electron chi connectivity index (χ3n) is 7.04. The summed E-state index contributed by atoms with van der Waals surface area (Å²) in [6.07, 6.45) is 6.05. The Labute approximate surface area is 195 Å². The number of hydrogen-bond acceptors (Lipinski definition) is 4. The van der Waals surface area contributed by atoms with E-state index in [1.807, 2.05) is 19.9 Å². The molecule has 0 atom stereocenters. The van der Waals surface area contributed by atoms with Gasteiger partial charge in [0, 0.05) is 31.6 Å². The number of hydrogen-bond donors (Lipinski definition) is 2. The first-order chi connectivity index (χ1) is 15.8. The van der Waals surface area contributed by atoms with E-state index in [4.69, 9.17) is 4.98 Å². The minimum absolute atomic E-state index is 0.0220. The Balaban J connectivity index is 1.61. The zero-order valence-electron chi connectivity index (χ0n) is 20.1. The van der Waals surface area contributed by atoms with Crippen LogP contribution >= 0.6 is 0 Å². The Kier molecular flexibility index (Phi) is 7.22. The van der Waals surface area contributed by atoms with Crippen LogP contribution in [0.3, 0.4) is 0 Å². The molecule has 2 heterocycles. The molecule has 8 heteroatoms. The second kappa shape index (κ2) is 10.1. The number of fused-ring (bicyclic) bond motifs is 1. The van der Waals surface area contributed by atoms with E-state index in [0.717, 1.165) is 56.4 Å². The van der Waals surface area contributed by atoms with Crippen molar-refractivity contribution in [3.8, 4) is 0 Å². The van der Waals surface area contributed by atoms with Crippen LogP contribution in [-0.4, -0.2) is 57.7 Å². The zero-order valence-corrected chi connectivity index (χ0v) is 20.1. The molecule has 1 aliphatic heterocycles. The van der Waals surface area contributed by atoms with Gasteiger partial charge in [0.05, 0.1) is 11.0 Å². The molecule has 1 aromatic heterocycles. The number of anilines is 1. The number of benzene rings is 1. The van der Waals surface area contributed by atoms with Crippen LogP contribution in [0.15, 0.2) is 18.2 Å². The Morgan fingerprint density at radius 3 is 2.48 bits per heavy atom. The molecular formula is C25H37N5O3. The number of likely N-dealkylation sites (tertiary alicyclic amines) is 1. The average Bonchev–Trinajstić information content (AvgIpc) is 3.17. The fraction of sp³-hybridized carbons (Fsp3) is 0.640. The quantitative estimate of drug-likeness (QED) is 0.674. The molecule has 1 saturated carbocycles. The minimum atomic E-state index is -1.02. The molecule has 1 aliphatic carbocycles. The Morgan fingerprint density at radius 1 is 1.15 bits per heavy atom. The molecule has 0 spiro atoms. The minimum Gasteiger partial charge on any atom is -0.465 e. The van der Waals surface area contributed by atoms with Gasteiger partial charge in [-0.25, -0.2) is 9.78 Å². The molecule has 2 aromatic rings. The summed E-state index contributed by atoms with van der Waals surface area (Å²) in [5.41, 5.74) is 3.04. The number of carbonyl (C=O) groups excluding carboxylic acids is 1. The summed E-state index contributed by atoms with van der Waals surface area (Å²) >= 11 is 0. The predicted octanol–water partition coefficient (Wildman–Crippen LogP) is 4.39. The molecule has 4 rings (SSSR count). The topological polar surface area (TPSA) is 90.7 Å². The van der Waals surface area contributed by atoms with Gasteiger partial charge in [0.15, 0.2) is 0 Å². The standard InChI is InChI=1S/C25H37N5O3/c1-17(2)26-23(31)19-8-10-20(11-9-19)30-22-15-18(16-29-13-5-4-6-14-29)7-12-21(22)27-24(30)28(3)25(32)33/h7,12,15,17,19-20H,4-6,8-11,13-14,16H2,1-3H3,(H,26,31)(H,32,33)/t19-,20+. The van der Waals surface area contributed by atoms with Crippen molar-refractivity contribution in [1.29, 1.82) is 0 Å². The van der Waals surface area contributed by atoms with E-state index in [-0.39, 0.29) is 23.9 Å². The van der Waals surface area contributed by atoms with Crippen LogP contribution in [0.2, 0.25) is 0 Å². The van der Waals surface area contributed by atoms with Gasteiger partial charge >= 0.3 is 6.09 Å². The first kappa shape index (κ1) is 23.5. The van der Waals surface area contributed by atoms with Crippen LogP contribution < -0.4 is 10.2 Å². The van der Waals surface area contributed by atoms with E-state index < -0.39 is 6.09 Å². The van der Waals surface area contributed by atoms with Crippen molar-refractivity contribution in [2.75, 3.05) is 25.0 Å². The summed E-state index contributed by atoms with van der Waals surface area (Å²) in [5, 5.41) is 12.7. The van der Waals surface area contributed by atoms with Crippen molar-refractivity contribution < 1.29 is 14.7 Å². The lowest BCUT2D eigenvalue weighted by Gasteiger charge is -2.31. The van der Waals surface area contributed by atoms with Crippen molar-refractivity contribution >= 4 is 29.0 Å². The molecule has 1 saturated heterocycles. The Morgan fingerprint density at radius 2 is 1.85 bits per heavy atom. The molecule has 2 N–H and O–H groups in total. The van der Waals surface area contributed by atoms with Gasteiger partial charge < -0.3 is 15.0 Å². The predicted molar refractivity (Wildman–Crippen MR) is 130 cm³/mol. The van der Waals surface area contributed by atoms with Gasteiger partial charge in [0.25, 0.3) is 0 Å². The fourth-order valence-corrected chi connectivity index (χ4v) is 5.28. The van der Waals surface area contributed by atoms with Crippen LogP contribution in [0.25, 0.3) is 11.0 Å². The summed E-state index contributed by atoms with van der Waals surface area (Å²) in [6, 6.07) is 6.59. The molecule has 0 bridgehead atoms. The number of amides is 2. The normalized spacial score (nSPS) is 21.9. The molecule has 180 valence electrons. The average molecular weight is 456 g/mol. The van der Waals surface area contributed by atoms with Crippen molar-refractivity contribution in [3.63, 3.8) is 0 Å². The van der Waals surface area contributed by atoms with E-state index in [9.17, 15) is 14.7 Å². The van der Waals surface area contributed by atoms with Crippen LogP contribution in [0.5, 0.6) is 0 Å². The van der Waals surface area contributed by atoms with E-state index in [0.29, 0.717) is 5.95 Å². The SMILES string of the molecule is CC(C)NC(=O)[C@H]1CC[C@@H](n2c(N(C)C(=O)O)nc3ccc(CN4CCCCC4)cc32)CC1. The first-order valence-corrected chi connectivity index (χ1v) is 12.3. The molecule has 1 aromatic carbocycles. The maximum absolute atomic E-state index is 12.5. The molecule has 2 aliphatic rings. The van der Waals surface area contributed by atoms with Gasteiger partial charge in [0.1, 0.15) is 0 Å². The van der Waals surface area contributed by atoms with Gasteiger partial charge in [-0.2, -0.15) is 0 Å². The molecular weight excluding hydrogens is 418 g/mol. The van der Waals surface area contributed by atoms with Crippen LogP contribution in [0.1, 0.15) is 70.4 Å². The van der Waals surface area contributed by atoms with Crippen LogP contribution in [0.4, 0.5) is 10.7 Å². The first-order valence-electron chi connectivity index (χ1n) is 12.3. The fourth-order valence-electron chi connectivity index (χ4n) is 5.28. The van der Waals surface area contributed by atoms with Crippen molar-refractivity contribution in [2.45, 2.75) is 77.4 Å². The summed E-state index contributed by atoms with van der Waals surface area (Å²) in [6.45, 7) is 7.14. The lowest BCUT2D eigenvalue weighted by Crippen LogP contribution is -2.37. The summed E-state index contributed by atoms with van der Waals surface area (Å²) in [7, 11) is 1.55. The summed E-state index contributed by atoms with van der Waals surface area (Å²) in [5.74, 6) is 0.613. The van der Waals surface area contributed by atoms with Gasteiger partial charge in [-0.3, -0.25) is 14.6 Å². The van der Waals surface area contributed by atoms with Gasteiger partial charge in [-0.05, 0) is 83.2 Å². The Hall–Kier alpha value is -2.61. The highest BCUT2D eigenvalue weighted by Gasteiger charge is 2.31. The number of piperidine rings is 1. The van der Waals surface area contributed by atoms with Crippen LogP contribution in [-0.2, 0) is 11.3 Å². The van der Waals surface area contributed by atoms with E-state index in [1.54, 1.807) is 7.05 Å². The van der Waals surface area contributed by atoms with E-state index in [2.05, 4.69) is 26.9 Å². The second-order valence-corrected chi connectivity index (χ2v) is 9.95. The Bertz CT molecular complexity index is 987. The monoisotopic (exact) mass is 455 g/mol. The number of imidazole rings is 1. The molecule has 2 amide bonds. The highest BCUT2D eigenvalue weighted by atomic mass is 16.4. The molecule has 33 heavy (non-hydrogen) atoms. The summed E-state index contributed by atoms with van der Waals surface area (Å²) < 4.78 is 2.11. The largest absolute Gasteiger partial charge is 0.465 e. The number of rotatable bonds is 6. The number of carbonyl (C=O) groups is 2.